The first-order valence-electron chi connectivity index (χ1n) is 3.89. The Hall–Kier alpha value is -1.31. The van der Waals surface area contributed by atoms with Gasteiger partial charge in [0.25, 0.3) is 5.91 Å². The Kier molecular flexibility index (Phi) is 4.53. The molecule has 0 rings (SSSR count). The third-order valence-electron chi connectivity index (χ3n) is 1.41. The standard InChI is InChI=1S/C7H11F3N2O3/c1-12(2)5(13)4(3-11)15-6(14)7(8,9)10/h4H,3,11H2,1-2H3. The maximum Gasteiger partial charge on any atom is 0.490 e. The van der Waals surface area contributed by atoms with Gasteiger partial charge in [0.15, 0.2) is 6.10 Å². The second kappa shape index (κ2) is 4.96. The van der Waals surface area contributed by atoms with Crippen LogP contribution in [0, 0.1) is 0 Å². The predicted octanol–water partition coefficient (Wildman–Crippen LogP) is -0.493. The molecule has 0 bridgehead atoms. The fraction of sp³-hybridized carbons (Fsp3) is 0.714. The van der Waals surface area contributed by atoms with Gasteiger partial charge < -0.3 is 15.4 Å². The van der Waals surface area contributed by atoms with Crippen LogP contribution in [0.25, 0.3) is 0 Å². The van der Waals surface area contributed by atoms with E-state index < -0.39 is 30.7 Å². The second-order valence-corrected chi connectivity index (χ2v) is 2.86. The van der Waals surface area contributed by atoms with E-state index >= 15 is 0 Å². The molecule has 0 aliphatic carbocycles. The smallest absolute Gasteiger partial charge is 0.444 e. The van der Waals surface area contributed by atoms with Crippen molar-refractivity contribution >= 4 is 11.9 Å². The number of alkyl halides is 3. The van der Waals surface area contributed by atoms with Gasteiger partial charge in [-0.2, -0.15) is 13.2 Å². The molecule has 0 aromatic carbocycles. The minimum absolute atomic E-state index is 0.501. The minimum atomic E-state index is -5.12. The summed E-state index contributed by atoms with van der Waals surface area (Å²) in [6.45, 7) is -0.501. The first-order chi connectivity index (χ1) is 6.70. The van der Waals surface area contributed by atoms with Crippen molar-refractivity contribution in [2.75, 3.05) is 20.6 Å². The zero-order valence-corrected chi connectivity index (χ0v) is 8.17. The molecule has 2 N–H and O–H groups in total. The summed E-state index contributed by atoms with van der Waals surface area (Å²) in [6.07, 6.45) is -6.73. The molecule has 8 heteroatoms. The number of rotatable bonds is 3. The zero-order valence-electron chi connectivity index (χ0n) is 8.17. The Morgan fingerprint density at radius 1 is 1.40 bits per heavy atom. The molecule has 0 radical (unpaired) electrons. The van der Waals surface area contributed by atoms with E-state index in [2.05, 4.69) is 4.74 Å². The van der Waals surface area contributed by atoms with Crippen molar-refractivity contribution < 1.29 is 27.5 Å². The lowest BCUT2D eigenvalue weighted by molar-refractivity contribution is -0.205. The molecule has 15 heavy (non-hydrogen) atoms. The number of hydrogen-bond donors (Lipinski definition) is 1. The summed E-state index contributed by atoms with van der Waals surface area (Å²) in [5.74, 6) is -3.22. The average molecular weight is 228 g/mol. The monoisotopic (exact) mass is 228 g/mol. The molecule has 1 unspecified atom stereocenters. The van der Waals surface area contributed by atoms with Gasteiger partial charge in [-0.05, 0) is 0 Å². The first-order valence-corrected chi connectivity index (χ1v) is 3.89. The van der Waals surface area contributed by atoms with Crippen LogP contribution in [-0.4, -0.2) is 49.7 Å². The lowest BCUT2D eigenvalue weighted by atomic mass is 10.3. The first kappa shape index (κ1) is 13.7. The van der Waals surface area contributed by atoms with Gasteiger partial charge in [0.05, 0.1) is 0 Å². The molecule has 88 valence electrons. The summed E-state index contributed by atoms with van der Waals surface area (Å²) < 4.78 is 39.2. The van der Waals surface area contributed by atoms with Crippen LogP contribution in [0.5, 0.6) is 0 Å². The van der Waals surface area contributed by atoms with Crippen molar-refractivity contribution in [3.8, 4) is 0 Å². The molecule has 0 fully saturated rings. The van der Waals surface area contributed by atoms with E-state index in [9.17, 15) is 22.8 Å². The highest BCUT2D eigenvalue weighted by molar-refractivity contribution is 5.85. The van der Waals surface area contributed by atoms with E-state index in [-0.39, 0.29) is 0 Å². The largest absolute Gasteiger partial charge is 0.490 e. The second-order valence-electron chi connectivity index (χ2n) is 2.86. The number of carbonyl (C=O) groups is 2. The molecule has 5 nitrogen and oxygen atoms in total. The quantitative estimate of drug-likeness (QED) is 0.661. The van der Waals surface area contributed by atoms with Gasteiger partial charge in [-0.3, -0.25) is 4.79 Å². The molecule has 0 aromatic heterocycles. The highest BCUT2D eigenvalue weighted by Crippen LogP contribution is 2.17. The summed E-state index contributed by atoms with van der Waals surface area (Å²) >= 11 is 0. The Morgan fingerprint density at radius 3 is 2.13 bits per heavy atom. The number of esters is 1. The zero-order chi connectivity index (χ0) is 12.2. The van der Waals surface area contributed by atoms with Crippen LogP contribution in [0.4, 0.5) is 13.2 Å². The summed E-state index contributed by atoms with van der Waals surface area (Å²) in [5, 5.41) is 0. The number of nitrogens with two attached hydrogens (primary N) is 1. The Morgan fingerprint density at radius 2 is 1.87 bits per heavy atom. The van der Waals surface area contributed by atoms with E-state index in [0.29, 0.717) is 0 Å². The van der Waals surface area contributed by atoms with Gasteiger partial charge in [0.1, 0.15) is 0 Å². The molecule has 0 aromatic rings. The topological polar surface area (TPSA) is 72.6 Å². The molecule has 0 saturated heterocycles. The van der Waals surface area contributed by atoms with Crippen LogP contribution in [0.1, 0.15) is 0 Å². The molecule has 0 aliphatic rings. The molecule has 1 atom stereocenters. The van der Waals surface area contributed by atoms with E-state index in [1.54, 1.807) is 0 Å². The van der Waals surface area contributed by atoms with Gasteiger partial charge in [-0.15, -0.1) is 0 Å². The third-order valence-corrected chi connectivity index (χ3v) is 1.41. The molecule has 0 spiro atoms. The van der Waals surface area contributed by atoms with E-state index in [1.807, 2.05) is 0 Å². The summed E-state index contributed by atoms with van der Waals surface area (Å²) in [5.41, 5.74) is 5.01. The minimum Gasteiger partial charge on any atom is -0.444 e. The van der Waals surface area contributed by atoms with Crippen molar-refractivity contribution in [2.45, 2.75) is 12.3 Å². The predicted molar refractivity (Wildman–Crippen MR) is 43.7 cm³/mol. The van der Waals surface area contributed by atoms with E-state index in [4.69, 9.17) is 5.73 Å². The number of amides is 1. The van der Waals surface area contributed by atoms with Crippen LogP contribution >= 0.6 is 0 Å². The van der Waals surface area contributed by atoms with Crippen molar-refractivity contribution in [1.82, 2.24) is 4.90 Å². The number of likely N-dealkylation sites (N-methyl/N-ethyl adjacent to an activating group) is 1. The Bertz CT molecular complexity index is 252. The molecule has 0 saturated carbocycles. The van der Waals surface area contributed by atoms with E-state index in [0.717, 1.165) is 4.90 Å². The number of carbonyl (C=O) groups excluding carboxylic acids is 2. The summed E-state index contributed by atoms with van der Waals surface area (Å²) in [6, 6.07) is 0. The Balaban J connectivity index is 4.48. The highest BCUT2D eigenvalue weighted by atomic mass is 19.4. The molecule has 1 amide bonds. The summed E-state index contributed by atoms with van der Waals surface area (Å²) in [7, 11) is 2.62. The lowest BCUT2D eigenvalue weighted by Gasteiger charge is -2.19. The molecular weight excluding hydrogens is 217 g/mol. The van der Waals surface area contributed by atoms with Crippen LogP contribution < -0.4 is 5.73 Å². The maximum absolute atomic E-state index is 11.8. The normalized spacial score (nSPS) is 13.2. The van der Waals surface area contributed by atoms with Crippen molar-refractivity contribution in [3.63, 3.8) is 0 Å². The number of nitrogens with zero attached hydrogens (tertiary/aromatic N) is 1. The van der Waals surface area contributed by atoms with Crippen LogP contribution in [0.3, 0.4) is 0 Å². The van der Waals surface area contributed by atoms with Gasteiger partial charge in [0, 0.05) is 20.6 Å². The van der Waals surface area contributed by atoms with Crippen LogP contribution in [0.2, 0.25) is 0 Å². The number of hydrogen-bond acceptors (Lipinski definition) is 4. The van der Waals surface area contributed by atoms with Gasteiger partial charge in [-0.1, -0.05) is 0 Å². The van der Waals surface area contributed by atoms with Crippen LogP contribution in [0.15, 0.2) is 0 Å². The fourth-order valence-electron chi connectivity index (χ4n) is 0.683. The Labute approximate surface area is 84.0 Å². The average Bonchev–Trinajstić information content (AvgIpc) is 2.10. The van der Waals surface area contributed by atoms with Crippen molar-refractivity contribution in [1.29, 1.82) is 0 Å². The molecule has 0 aliphatic heterocycles. The SMILES string of the molecule is CN(C)C(=O)C(CN)OC(=O)C(F)(F)F. The highest BCUT2D eigenvalue weighted by Gasteiger charge is 2.43. The third kappa shape index (κ3) is 4.15. The number of ether oxygens (including phenoxy) is 1. The number of halogens is 3. The van der Waals surface area contributed by atoms with Crippen molar-refractivity contribution in [2.24, 2.45) is 5.73 Å². The summed E-state index contributed by atoms with van der Waals surface area (Å²) in [4.78, 5) is 22.5. The van der Waals surface area contributed by atoms with Crippen LogP contribution in [-0.2, 0) is 14.3 Å². The lowest BCUT2D eigenvalue weighted by Crippen LogP contribution is -2.44. The van der Waals surface area contributed by atoms with Crippen molar-refractivity contribution in [3.05, 3.63) is 0 Å². The van der Waals surface area contributed by atoms with Gasteiger partial charge in [-0.25, -0.2) is 4.79 Å². The maximum atomic E-state index is 11.8. The molecular formula is C7H11F3N2O3. The fourth-order valence-corrected chi connectivity index (χ4v) is 0.683. The van der Waals surface area contributed by atoms with Gasteiger partial charge >= 0.3 is 12.1 Å². The molecule has 0 heterocycles. The van der Waals surface area contributed by atoms with E-state index in [1.165, 1.54) is 14.1 Å². The van der Waals surface area contributed by atoms with Gasteiger partial charge in [0.2, 0.25) is 0 Å².